The standard InChI is InChI=1S/C11H17N3O/c1-9-5-3-4-6-10(9)7-14(2)8-11(15)13-12/h3-6H,7-8,12H2,1-2H3,(H,13,15). The first-order valence-electron chi connectivity index (χ1n) is 4.86. The zero-order chi connectivity index (χ0) is 11.3. The minimum absolute atomic E-state index is 0.175. The van der Waals surface area contributed by atoms with Crippen LogP contribution < -0.4 is 11.3 Å². The van der Waals surface area contributed by atoms with Gasteiger partial charge < -0.3 is 0 Å². The molecule has 1 amide bonds. The van der Waals surface area contributed by atoms with Gasteiger partial charge in [0.1, 0.15) is 0 Å². The van der Waals surface area contributed by atoms with E-state index in [1.165, 1.54) is 11.1 Å². The molecular weight excluding hydrogens is 190 g/mol. The predicted molar refractivity (Wildman–Crippen MR) is 59.8 cm³/mol. The summed E-state index contributed by atoms with van der Waals surface area (Å²) >= 11 is 0. The van der Waals surface area contributed by atoms with Gasteiger partial charge in [0.25, 0.3) is 0 Å². The summed E-state index contributed by atoms with van der Waals surface area (Å²) in [6, 6.07) is 8.13. The third-order valence-corrected chi connectivity index (χ3v) is 2.28. The van der Waals surface area contributed by atoms with E-state index < -0.39 is 0 Å². The van der Waals surface area contributed by atoms with Gasteiger partial charge in [-0.3, -0.25) is 15.1 Å². The first kappa shape index (κ1) is 11.7. The van der Waals surface area contributed by atoms with Crippen LogP contribution in [0.25, 0.3) is 0 Å². The van der Waals surface area contributed by atoms with Crippen LogP contribution in [0.2, 0.25) is 0 Å². The first-order valence-corrected chi connectivity index (χ1v) is 4.86. The van der Waals surface area contributed by atoms with E-state index in [0.717, 1.165) is 6.54 Å². The fraction of sp³-hybridized carbons (Fsp3) is 0.364. The topological polar surface area (TPSA) is 58.4 Å². The van der Waals surface area contributed by atoms with Gasteiger partial charge in [0, 0.05) is 6.54 Å². The van der Waals surface area contributed by atoms with Crippen molar-refractivity contribution >= 4 is 5.91 Å². The molecule has 0 aliphatic heterocycles. The molecule has 0 fully saturated rings. The van der Waals surface area contributed by atoms with Gasteiger partial charge in [-0.15, -0.1) is 0 Å². The predicted octanol–water partition coefficient (Wildman–Crippen LogP) is 0.417. The molecule has 0 saturated carbocycles. The van der Waals surface area contributed by atoms with E-state index in [1.54, 1.807) is 0 Å². The van der Waals surface area contributed by atoms with Crippen LogP contribution in [0, 0.1) is 6.92 Å². The molecule has 0 atom stereocenters. The minimum Gasteiger partial charge on any atom is -0.293 e. The molecule has 4 heteroatoms. The molecule has 15 heavy (non-hydrogen) atoms. The summed E-state index contributed by atoms with van der Waals surface area (Å²) in [7, 11) is 1.89. The van der Waals surface area contributed by atoms with Crippen LogP contribution in [0.5, 0.6) is 0 Å². The Balaban J connectivity index is 2.55. The molecule has 82 valence electrons. The van der Waals surface area contributed by atoms with Crippen molar-refractivity contribution < 1.29 is 4.79 Å². The molecule has 0 saturated heterocycles. The molecule has 3 N–H and O–H groups in total. The number of benzene rings is 1. The Bertz CT molecular complexity index is 338. The second-order valence-corrected chi connectivity index (χ2v) is 3.67. The summed E-state index contributed by atoms with van der Waals surface area (Å²) in [5.41, 5.74) is 4.58. The van der Waals surface area contributed by atoms with Gasteiger partial charge in [-0.05, 0) is 25.1 Å². The maximum Gasteiger partial charge on any atom is 0.248 e. The van der Waals surface area contributed by atoms with Crippen molar-refractivity contribution in [3.63, 3.8) is 0 Å². The van der Waals surface area contributed by atoms with Crippen molar-refractivity contribution in [3.05, 3.63) is 35.4 Å². The van der Waals surface area contributed by atoms with E-state index in [1.807, 2.05) is 24.1 Å². The fourth-order valence-corrected chi connectivity index (χ4v) is 1.42. The Morgan fingerprint density at radius 3 is 2.73 bits per heavy atom. The lowest BCUT2D eigenvalue weighted by Crippen LogP contribution is -2.38. The number of amides is 1. The number of nitrogens with two attached hydrogens (primary N) is 1. The van der Waals surface area contributed by atoms with Crippen molar-refractivity contribution in [1.29, 1.82) is 0 Å². The molecule has 1 rings (SSSR count). The largest absolute Gasteiger partial charge is 0.293 e. The van der Waals surface area contributed by atoms with Crippen molar-refractivity contribution in [2.45, 2.75) is 13.5 Å². The van der Waals surface area contributed by atoms with Gasteiger partial charge in [-0.25, -0.2) is 5.84 Å². The number of likely N-dealkylation sites (N-methyl/N-ethyl adjacent to an activating group) is 1. The van der Waals surface area contributed by atoms with E-state index in [9.17, 15) is 4.79 Å². The van der Waals surface area contributed by atoms with E-state index >= 15 is 0 Å². The highest BCUT2D eigenvalue weighted by atomic mass is 16.2. The number of aryl methyl sites for hydroxylation is 1. The number of hydrogen-bond acceptors (Lipinski definition) is 3. The molecule has 0 spiro atoms. The molecule has 0 aliphatic rings. The molecule has 0 radical (unpaired) electrons. The lowest BCUT2D eigenvalue weighted by Gasteiger charge is -2.16. The Morgan fingerprint density at radius 2 is 2.13 bits per heavy atom. The Kier molecular flexibility index (Phi) is 4.27. The Morgan fingerprint density at radius 1 is 1.47 bits per heavy atom. The number of hydrogen-bond donors (Lipinski definition) is 2. The summed E-state index contributed by atoms with van der Waals surface area (Å²) in [4.78, 5) is 12.9. The summed E-state index contributed by atoms with van der Waals surface area (Å²) in [5, 5.41) is 0. The van der Waals surface area contributed by atoms with Gasteiger partial charge in [-0.1, -0.05) is 24.3 Å². The third kappa shape index (κ3) is 3.69. The SMILES string of the molecule is Cc1ccccc1CN(C)CC(=O)NN. The molecule has 1 aromatic rings. The molecule has 4 nitrogen and oxygen atoms in total. The van der Waals surface area contributed by atoms with Crippen LogP contribution in [0.3, 0.4) is 0 Å². The molecular formula is C11H17N3O. The highest BCUT2D eigenvalue weighted by Crippen LogP contribution is 2.08. The summed E-state index contributed by atoms with van der Waals surface area (Å²) < 4.78 is 0. The van der Waals surface area contributed by atoms with Crippen LogP contribution >= 0.6 is 0 Å². The first-order chi connectivity index (χ1) is 7.13. The second-order valence-electron chi connectivity index (χ2n) is 3.67. The number of carbonyl (C=O) groups excluding carboxylic acids is 1. The molecule has 1 aromatic carbocycles. The molecule has 0 bridgehead atoms. The maximum absolute atomic E-state index is 11.0. The number of rotatable bonds is 4. The highest BCUT2D eigenvalue weighted by Gasteiger charge is 2.06. The number of carbonyl (C=O) groups is 1. The highest BCUT2D eigenvalue weighted by molar-refractivity contribution is 5.77. The fourth-order valence-electron chi connectivity index (χ4n) is 1.42. The minimum atomic E-state index is -0.175. The lowest BCUT2D eigenvalue weighted by atomic mass is 10.1. The van der Waals surface area contributed by atoms with Crippen molar-refractivity contribution in [3.8, 4) is 0 Å². The number of nitrogens with zero attached hydrogens (tertiary/aromatic N) is 1. The van der Waals surface area contributed by atoms with E-state index in [2.05, 4.69) is 24.5 Å². The Labute approximate surface area is 90.0 Å². The average molecular weight is 207 g/mol. The quantitative estimate of drug-likeness (QED) is 0.427. The van der Waals surface area contributed by atoms with Gasteiger partial charge in [-0.2, -0.15) is 0 Å². The van der Waals surface area contributed by atoms with Crippen LogP contribution in [0.15, 0.2) is 24.3 Å². The van der Waals surface area contributed by atoms with Gasteiger partial charge in [0.05, 0.1) is 6.54 Å². The molecule has 0 aromatic heterocycles. The summed E-state index contributed by atoms with van der Waals surface area (Å²) in [6.45, 7) is 3.12. The average Bonchev–Trinajstić information content (AvgIpc) is 2.21. The van der Waals surface area contributed by atoms with E-state index in [4.69, 9.17) is 5.84 Å². The monoisotopic (exact) mass is 207 g/mol. The van der Waals surface area contributed by atoms with Crippen molar-refractivity contribution in [1.82, 2.24) is 10.3 Å². The van der Waals surface area contributed by atoms with Crippen LogP contribution in [-0.2, 0) is 11.3 Å². The second kappa shape index (κ2) is 5.48. The summed E-state index contributed by atoms with van der Waals surface area (Å²) in [6.07, 6.45) is 0. The number of nitrogens with one attached hydrogen (secondary N) is 1. The summed E-state index contributed by atoms with van der Waals surface area (Å²) in [5.74, 6) is 4.84. The van der Waals surface area contributed by atoms with Gasteiger partial charge >= 0.3 is 0 Å². The maximum atomic E-state index is 11.0. The van der Waals surface area contributed by atoms with Gasteiger partial charge in [0.2, 0.25) is 5.91 Å². The lowest BCUT2D eigenvalue weighted by molar-refractivity contribution is -0.122. The van der Waals surface area contributed by atoms with Crippen LogP contribution in [0.4, 0.5) is 0 Å². The molecule has 0 unspecified atom stereocenters. The molecule has 0 aliphatic carbocycles. The van der Waals surface area contributed by atoms with Crippen LogP contribution in [-0.4, -0.2) is 24.4 Å². The van der Waals surface area contributed by atoms with Crippen LogP contribution in [0.1, 0.15) is 11.1 Å². The molecule has 0 heterocycles. The van der Waals surface area contributed by atoms with Crippen molar-refractivity contribution in [2.75, 3.05) is 13.6 Å². The van der Waals surface area contributed by atoms with Crippen molar-refractivity contribution in [2.24, 2.45) is 5.84 Å². The zero-order valence-corrected chi connectivity index (χ0v) is 9.16. The smallest absolute Gasteiger partial charge is 0.248 e. The normalized spacial score (nSPS) is 10.4. The number of hydrazine groups is 1. The van der Waals surface area contributed by atoms with Gasteiger partial charge in [0.15, 0.2) is 0 Å². The Hall–Kier alpha value is -1.39. The zero-order valence-electron chi connectivity index (χ0n) is 9.16. The van der Waals surface area contributed by atoms with E-state index in [0.29, 0.717) is 6.54 Å². The third-order valence-electron chi connectivity index (χ3n) is 2.28. The van der Waals surface area contributed by atoms with E-state index in [-0.39, 0.29) is 5.91 Å².